The summed E-state index contributed by atoms with van der Waals surface area (Å²) in [6.45, 7) is 5.16. The maximum Gasteiger partial charge on any atom is 0.249 e. The van der Waals surface area contributed by atoms with Gasteiger partial charge in [-0.25, -0.2) is 4.68 Å². The maximum atomic E-state index is 13.7. The topological polar surface area (TPSA) is 89.4 Å². The number of anilines is 1. The monoisotopic (exact) mass is 449 g/mol. The fourth-order valence-electron chi connectivity index (χ4n) is 4.34. The van der Waals surface area contributed by atoms with Gasteiger partial charge >= 0.3 is 0 Å². The highest BCUT2D eigenvalue weighted by molar-refractivity contribution is 6.01. The minimum atomic E-state index is -0.625. The van der Waals surface area contributed by atoms with E-state index in [9.17, 15) is 9.59 Å². The van der Waals surface area contributed by atoms with Gasteiger partial charge in [-0.05, 0) is 49.9 Å². The van der Waals surface area contributed by atoms with Gasteiger partial charge in [0.25, 0.3) is 0 Å². The van der Waals surface area contributed by atoms with Crippen molar-refractivity contribution in [3.63, 3.8) is 0 Å². The van der Waals surface area contributed by atoms with Crippen LogP contribution in [0.4, 0.5) is 5.69 Å². The minimum Gasteiger partial charge on any atom is -0.376 e. The van der Waals surface area contributed by atoms with Crippen molar-refractivity contribution in [1.82, 2.24) is 20.3 Å². The minimum absolute atomic E-state index is 0.00587. The predicted molar refractivity (Wildman–Crippen MR) is 127 cm³/mol. The summed E-state index contributed by atoms with van der Waals surface area (Å²) < 4.78 is 7.25. The van der Waals surface area contributed by atoms with Crippen LogP contribution in [0.2, 0.25) is 0 Å². The summed E-state index contributed by atoms with van der Waals surface area (Å²) in [5.41, 5.74) is 3.18. The van der Waals surface area contributed by atoms with E-state index in [2.05, 4.69) is 15.6 Å². The zero-order chi connectivity index (χ0) is 23.2. The number of nitrogens with zero attached hydrogens (tertiary/aromatic N) is 4. The van der Waals surface area contributed by atoms with Crippen LogP contribution in [0.1, 0.15) is 38.2 Å². The van der Waals surface area contributed by atoms with Gasteiger partial charge in [-0.1, -0.05) is 48.9 Å². The molecule has 2 heterocycles. The number of fused-ring (bicyclic) bond motifs is 1. The van der Waals surface area contributed by atoms with Crippen LogP contribution in [-0.4, -0.2) is 52.1 Å². The highest BCUT2D eigenvalue weighted by atomic mass is 16.5. The average molecular weight is 450 g/mol. The van der Waals surface area contributed by atoms with E-state index < -0.39 is 6.04 Å². The Kier molecular flexibility index (Phi) is 7.34. The number of benzene rings is 2. The molecule has 8 nitrogen and oxygen atoms in total. The lowest BCUT2D eigenvalue weighted by Crippen LogP contribution is -2.52. The molecule has 0 spiro atoms. The molecular formula is C25H31N5O3. The van der Waals surface area contributed by atoms with E-state index in [1.165, 1.54) is 0 Å². The van der Waals surface area contributed by atoms with Gasteiger partial charge in [0.15, 0.2) is 0 Å². The molecule has 2 unspecified atom stereocenters. The standard InChI is InChI=1S/C25H31N5O3/c1-3-9-23(25(32)26-16-19-11-8-15-33-19)30(21-13-6-4-10-18(21)2)24(31)17-29-22-14-7-5-12-20(22)27-28-29/h4-7,10,12-14,19,23H,3,8-9,11,15-17H2,1-2H3,(H,26,32). The van der Waals surface area contributed by atoms with E-state index in [0.29, 0.717) is 13.0 Å². The van der Waals surface area contributed by atoms with Crippen molar-refractivity contribution in [3.8, 4) is 0 Å². The molecule has 2 aromatic carbocycles. The quantitative estimate of drug-likeness (QED) is 0.542. The molecule has 4 rings (SSSR count). The highest BCUT2D eigenvalue weighted by Crippen LogP contribution is 2.25. The van der Waals surface area contributed by atoms with Crippen LogP contribution in [0.15, 0.2) is 48.5 Å². The fourth-order valence-corrected chi connectivity index (χ4v) is 4.34. The molecule has 1 N–H and O–H groups in total. The summed E-state index contributed by atoms with van der Waals surface area (Å²) in [5, 5.41) is 11.4. The van der Waals surface area contributed by atoms with E-state index in [0.717, 1.165) is 48.2 Å². The molecular weight excluding hydrogens is 418 g/mol. The van der Waals surface area contributed by atoms with Crippen molar-refractivity contribution >= 4 is 28.5 Å². The number of hydrogen-bond donors (Lipinski definition) is 1. The highest BCUT2D eigenvalue weighted by Gasteiger charge is 2.32. The number of carbonyl (C=O) groups is 2. The second kappa shape index (κ2) is 10.6. The summed E-state index contributed by atoms with van der Waals surface area (Å²) >= 11 is 0. The van der Waals surface area contributed by atoms with Crippen molar-refractivity contribution in [2.45, 2.75) is 58.2 Å². The summed E-state index contributed by atoms with van der Waals surface area (Å²) in [6, 6.07) is 14.6. The molecule has 33 heavy (non-hydrogen) atoms. The third-order valence-corrected chi connectivity index (χ3v) is 6.05. The third-order valence-electron chi connectivity index (χ3n) is 6.05. The second-order valence-electron chi connectivity index (χ2n) is 8.47. The van der Waals surface area contributed by atoms with Gasteiger partial charge in [-0.3, -0.25) is 14.5 Å². The maximum absolute atomic E-state index is 13.7. The smallest absolute Gasteiger partial charge is 0.249 e. The van der Waals surface area contributed by atoms with Gasteiger partial charge in [0.05, 0.1) is 11.6 Å². The number of carbonyl (C=O) groups excluding carboxylic acids is 2. The molecule has 1 aliphatic heterocycles. The van der Waals surface area contributed by atoms with Gasteiger partial charge in [0.1, 0.15) is 18.1 Å². The van der Waals surface area contributed by atoms with Crippen LogP contribution >= 0.6 is 0 Å². The predicted octanol–water partition coefficient (Wildman–Crippen LogP) is 3.24. The molecule has 0 radical (unpaired) electrons. The molecule has 0 aliphatic carbocycles. The molecule has 0 bridgehead atoms. The van der Waals surface area contributed by atoms with Gasteiger partial charge < -0.3 is 10.1 Å². The second-order valence-corrected chi connectivity index (χ2v) is 8.47. The summed E-state index contributed by atoms with van der Waals surface area (Å²) in [4.78, 5) is 28.7. The first kappa shape index (κ1) is 22.9. The summed E-state index contributed by atoms with van der Waals surface area (Å²) in [7, 11) is 0. The number of hydrogen-bond acceptors (Lipinski definition) is 5. The molecule has 0 saturated carbocycles. The lowest BCUT2D eigenvalue weighted by atomic mass is 10.1. The van der Waals surface area contributed by atoms with Gasteiger partial charge in [0, 0.05) is 18.8 Å². The largest absolute Gasteiger partial charge is 0.376 e. The Morgan fingerprint density at radius 3 is 2.76 bits per heavy atom. The van der Waals surface area contributed by atoms with Crippen molar-refractivity contribution in [3.05, 3.63) is 54.1 Å². The Labute approximate surface area is 193 Å². The van der Waals surface area contributed by atoms with Gasteiger partial charge in [-0.15, -0.1) is 5.10 Å². The number of ether oxygens (including phenoxy) is 1. The van der Waals surface area contributed by atoms with Crippen LogP contribution < -0.4 is 10.2 Å². The van der Waals surface area contributed by atoms with E-state index in [4.69, 9.17) is 4.74 Å². The molecule has 1 fully saturated rings. The number of aromatic nitrogens is 3. The van der Waals surface area contributed by atoms with Crippen LogP contribution in [0.5, 0.6) is 0 Å². The lowest BCUT2D eigenvalue weighted by molar-refractivity contribution is -0.127. The molecule has 3 aromatic rings. The summed E-state index contributed by atoms with van der Waals surface area (Å²) in [6.07, 6.45) is 3.31. The van der Waals surface area contributed by atoms with E-state index in [1.807, 2.05) is 62.4 Å². The van der Waals surface area contributed by atoms with Crippen LogP contribution in [-0.2, 0) is 20.9 Å². The van der Waals surface area contributed by atoms with Crippen molar-refractivity contribution < 1.29 is 14.3 Å². The Bertz CT molecular complexity index is 1110. The number of aryl methyl sites for hydroxylation is 1. The zero-order valence-corrected chi connectivity index (χ0v) is 19.2. The zero-order valence-electron chi connectivity index (χ0n) is 19.2. The summed E-state index contributed by atoms with van der Waals surface area (Å²) in [5.74, 6) is -0.363. The number of nitrogens with one attached hydrogen (secondary N) is 1. The third kappa shape index (κ3) is 5.22. The first-order valence-electron chi connectivity index (χ1n) is 11.6. The number of para-hydroxylation sites is 2. The Morgan fingerprint density at radius 1 is 1.21 bits per heavy atom. The van der Waals surface area contributed by atoms with E-state index >= 15 is 0 Å². The number of amides is 2. The SMILES string of the molecule is CCCC(C(=O)NCC1CCCO1)N(C(=O)Cn1nnc2ccccc21)c1ccccc1C. The van der Waals surface area contributed by atoms with Gasteiger partial charge in [-0.2, -0.15) is 0 Å². The van der Waals surface area contributed by atoms with Crippen molar-refractivity contribution in [1.29, 1.82) is 0 Å². The molecule has 174 valence electrons. The van der Waals surface area contributed by atoms with Crippen LogP contribution in [0.25, 0.3) is 11.0 Å². The average Bonchev–Trinajstić information content (AvgIpc) is 3.49. The molecule has 8 heteroatoms. The molecule has 1 aliphatic rings. The normalized spacial score (nSPS) is 16.6. The molecule has 1 aromatic heterocycles. The first-order chi connectivity index (χ1) is 16.1. The lowest BCUT2D eigenvalue weighted by Gasteiger charge is -2.32. The Hall–Kier alpha value is -3.26. The molecule has 2 amide bonds. The first-order valence-corrected chi connectivity index (χ1v) is 11.6. The van der Waals surface area contributed by atoms with E-state index in [-0.39, 0.29) is 24.5 Å². The van der Waals surface area contributed by atoms with Crippen LogP contribution in [0, 0.1) is 6.92 Å². The van der Waals surface area contributed by atoms with Crippen molar-refractivity contribution in [2.75, 3.05) is 18.1 Å². The molecule has 1 saturated heterocycles. The fraction of sp³-hybridized carbons (Fsp3) is 0.440. The van der Waals surface area contributed by atoms with Gasteiger partial charge in [0.2, 0.25) is 11.8 Å². The van der Waals surface area contributed by atoms with Crippen LogP contribution in [0.3, 0.4) is 0 Å². The van der Waals surface area contributed by atoms with Crippen molar-refractivity contribution in [2.24, 2.45) is 0 Å². The Balaban J connectivity index is 1.62. The Morgan fingerprint density at radius 2 is 2.00 bits per heavy atom. The molecule has 2 atom stereocenters. The van der Waals surface area contributed by atoms with E-state index in [1.54, 1.807) is 9.58 Å². The number of rotatable bonds is 9.